The molecule has 1 aromatic carbocycles. The standard InChI is InChI=1S/C11H18N3O2PS2/c1-3-15-17(19,16-4-2)14-13-11(18)12-10-8-6-5-7-9-10/h5-9H,3-4H2,1-2H3,(H,14,19)(H2,12,13,18). The monoisotopic (exact) mass is 319 g/mol. The first-order valence-electron chi connectivity index (χ1n) is 5.88. The van der Waals surface area contributed by atoms with Crippen molar-refractivity contribution in [1.82, 2.24) is 10.6 Å². The number of anilines is 1. The van der Waals surface area contributed by atoms with Gasteiger partial charge in [-0.2, -0.15) is 5.20 Å². The van der Waals surface area contributed by atoms with Crippen LogP contribution >= 0.6 is 18.9 Å². The SMILES string of the molecule is CCOP(=S)(NNC(=S)Nc1ccccc1)OCC. The minimum absolute atomic E-state index is 0.403. The summed E-state index contributed by atoms with van der Waals surface area (Å²) in [6.07, 6.45) is 0. The number of rotatable bonds is 7. The molecule has 0 radical (unpaired) electrons. The van der Waals surface area contributed by atoms with Crippen molar-refractivity contribution in [3.63, 3.8) is 0 Å². The van der Waals surface area contributed by atoms with Gasteiger partial charge in [-0.05, 0) is 50.0 Å². The Morgan fingerprint density at radius 1 is 1.16 bits per heavy atom. The Bertz CT molecular complexity index is 435. The zero-order chi connectivity index (χ0) is 14.1. The highest BCUT2D eigenvalue weighted by atomic mass is 32.5. The molecule has 0 unspecified atom stereocenters. The molecule has 0 saturated carbocycles. The number of nitrogens with one attached hydrogen (secondary N) is 3. The molecule has 0 heterocycles. The smallest absolute Gasteiger partial charge is 0.279 e. The Morgan fingerprint density at radius 3 is 2.26 bits per heavy atom. The van der Waals surface area contributed by atoms with Crippen molar-refractivity contribution in [2.24, 2.45) is 0 Å². The van der Waals surface area contributed by atoms with E-state index in [4.69, 9.17) is 33.1 Å². The van der Waals surface area contributed by atoms with Gasteiger partial charge < -0.3 is 14.4 Å². The van der Waals surface area contributed by atoms with Crippen molar-refractivity contribution < 1.29 is 9.05 Å². The summed E-state index contributed by atoms with van der Waals surface area (Å²) in [6.45, 7) is 2.15. The average Bonchev–Trinajstić information content (AvgIpc) is 2.38. The van der Waals surface area contributed by atoms with Gasteiger partial charge >= 0.3 is 0 Å². The molecule has 0 bridgehead atoms. The Kier molecular flexibility index (Phi) is 7.45. The lowest BCUT2D eigenvalue weighted by atomic mass is 10.3. The summed E-state index contributed by atoms with van der Waals surface area (Å²) in [5, 5.41) is 6.27. The minimum atomic E-state index is -2.53. The number of benzene rings is 1. The first-order chi connectivity index (χ1) is 9.09. The summed E-state index contributed by atoms with van der Waals surface area (Å²) in [5.74, 6) is 0. The summed E-state index contributed by atoms with van der Waals surface area (Å²) in [7, 11) is 0. The molecule has 0 aromatic heterocycles. The molecule has 8 heteroatoms. The molecule has 0 aliphatic rings. The van der Waals surface area contributed by atoms with Gasteiger partial charge in [-0.25, -0.2) is 0 Å². The van der Waals surface area contributed by atoms with Crippen molar-refractivity contribution in [1.29, 1.82) is 0 Å². The molecule has 0 saturated heterocycles. The summed E-state index contributed by atoms with van der Waals surface area (Å²) in [6, 6.07) is 9.60. The molecule has 0 amide bonds. The fraction of sp³-hybridized carbons (Fsp3) is 0.364. The summed E-state index contributed by atoms with van der Waals surface area (Å²) >= 11 is 10.4. The van der Waals surface area contributed by atoms with Crippen LogP contribution < -0.4 is 15.9 Å². The Hall–Kier alpha value is -0.560. The third-order valence-electron chi connectivity index (χ3n) is 1.94. The van der Waals surface area contributed by atoms with Crippen LogP contribution in [0.1, 0.15) is 13.8 Å². The van der Waals surface area contributed by atoms with Gasteiger partial charge in [0.15, 0.2) is 5.11 Å². The van der Waals surface area contributed by atoms with E-state index in [0.717, 1.165) is 5.69 Å². The Balaban J connectivity index is 2.46. The quantitative estimate of drug-likeness (QED) is 0.406. The van der Waals surface area contributed by atoms with Crippen LogP contribution in [0.25, 0.3) is 0 Å². The largest absolute Gasteiger partial charge is 0.332 e. The van der Waals surface area contributed by atoms with Crippen molar-refractivity contribution in [2.45, 2.75) is 13.8 Å². The highest BCUT2D eigenvalue weighted by Crippen LogP contribution is 2.42. The van der Waals surface area contributed by atoms with E-state index < -0.39 is 6.64 Å². The highest BCUT2D eigenvalue weighted by molar-refractivity contribution is 8.08. The van der Waals surface area contributed by atoms with Crippen molar-refractivity contribution in [3.05, 3.63) is 30.3 Å². The van der Waals surface area contributed by atoms with E-state index in [2.05, 4.69) is 15.9 Å². The third kappa shape index (κ3) is 6.42. The van der Waals surface area contributed by atoms with Gasteiger partial charge in [0.25, 0.3) is 6.64 Å². The second kappa shape index (κ2) is 8.58. The maximum atomic E-state index is 5.41. The maximum Gasteiger partial charge on any atom is 0.279 e. The summed E-state index contributed by atoms with van der Waals surface area (Å²) < 4.78 is 10.8. The topological polar surface area (TPSA) is 54.5 Å². The fourth-order valence-electron chi connectivity index (χ4n) is 1.24. The van der Waals surface area contributed by atoms with Crippen molar-refractivity contribution in [3.8, 4) is 0 Å². The average molecular weight is 319 g/mol. The molecule has 0 spiro atoms. The highest BCUT2D eigenvalue weighted by Gasteiger charge is 2.17. The van der Waals surface area contributed by atoms with Crippen LogP contribution in [-0.4, -0.2) is 18.3 Å². The van der Waals surface area contributed by atoms with Gasteiger partial charge in [-0.1, -0.05) is 18.2 Å². The normalized spacial score (nSPS) is 11.1. The molecule has 106 valence electrons. The van der Waals surface area contributed by atoms with Gasteiger partial charge in [0.1, 0.15) is 0 Å². The minimum Gasteiger partial charge on any atom is -0.332 e. The first kappa shape index (κ1) is 16.5. The van der Waals surface area contributed by atoms with Crippen molar-refractivity contribution in [2.75, 3.05) is 18.5 Å². The molecular weight excluding hydrogens is 301 g/mol. The number of hydrogen-bond donors (Lipinski definition) is 3. The lowest BCUT2D eigenvalue weighted by Crippen LogP contribution is -2.38. The maximum absolute atomic E-state index is 5.41. The number of thiocarbonyl (C=S) groups is 1. The van der Waals surface area contributed by atoms with E-state index in [0.29, 0.717) is 18.3 Å². The van der Waals surface area contributed by atoms with E-state index >= 15 is 0 Å². The van der Waals surface area contributed by atoms with Crippen LogP contribution in [0, 0.1) is 0 Å². The van der Waals surface area contributed by atoms with Crippen molar-refractivity contribution >= 4 is 41.5 Å². The molecule has 3 N–H and O–H groups in total. The fourth-order valence-corrected chi connectivity index (χ4v) is 3.39. The van der Waals surface area contributed by atoms with E-state index in [-0.39, 0.29) is 0 Å². The van der Waals surface area contributed by atoms with Crippen LogP contribution in [0.15, 0.2) is 30.3 Å². The van der Waals surface area contributed by atoms with Crippen LogP contribution in [-0.2, 0) is 20.9 Å². The predicted octanol–water partition coefficient (Wildman–Crippen LogP) is 2.78. The Morgan fingerprint density at radius 2 is 1.74 bits per heavy atom. The Labute approximate surface area is 124 Å². The first-order valence-corrected chi connectivity index (χ1v) is 8.92. The van der Waals surface area contributed by atoms with Crippen LogP contribution in [0.2, 0.25) is 0 Å². The molecule has 19 heavy (non-hydrogen) atoms. The molecular formula is C11H18N3O2PS2. The van der Waals surface area contributed by atoms with E-state index in [1.807, 2.05) is 44.2 Å². The van der Waals surface area contributed by atoms with Gasteiger partial charge in [0.05, 0.1) is 13.2 Å². The number of hydrogen-bond acceptors (Lipinski definition) is 4. The molecule has 1 aromatic rings. The lowest BCUT2D eigenvalue weighted by Gasteiger charge is -2.22. The zero-order valence-corrected chi connectivity index (χ0v) is 13.4. The molecule has 0 aliphatic heterocycles. The van der Waals surface area contributed by atoms with Crippen LogP contribution in [0.4, 0.5) is 5.69 Å². The molecule has 1 rings (SSSR count). The third-order valence-corrected chi connectivity index (χ3v) is 4.63. The molecule has 0 aliphatic carbocycles. The molecule has 0 atom stereocenters. The van der Waals surface area contributed by atoms with Gasteiger partial charge in [-0.3, -0.25) is 5.43 Å². The lowest BCUT2D eigenvalue weighted by molar-refractivity contribution is 0.256. The van der Waals surface area contributed by atoms with E-state index in [1.54, 1.807) is 0 Å². The van der Waals surface area contributed by atoms with E-state index in [1.165, 1.54) is 0 Å². The van der Waals surface area contributed by atoms with Crippen LogP contribution in [0.3, 0.4) is 0 Å². The van der Waals surface area contributed by atoms with Gasteiger partial charge in [-0.15, -0.1) is 0 Å². The van der Waals surface area contributed by atoms with E-state index in [9.17, 15) is 0 Å². The molecule has 5 nitrogen and oxygen atoms in total. The van der Waals surface area contributed by atoms with Gasteiger partial charge in [0, 0.05) is 5.69 Å². The number of hydrazine groups is 1. The van der Waals surface area contributed by atoms with Gasteiger partial charge in [0.2, 0.25) is 0 Å². The second-order valence-electron chi connectivity index (χ2n) is 3.39. The summed E-state index contributed by atoms with van der Waals surface area (Å²) in [5.41, 5.74) is 3.70. The zero-order valence-electron chi connectivity index (χ0n) is 10.9. The summed E-state index contributed by atoms with van der Waals surface area (Å²) in [4.78, 5) is 0. The number of para-hydroxylation sites is 1. The van der Waals surface area contributed by atoms with Crippen LogP contribution in [0.5, 0.6) is 0 Å². The molecule has 0 fully saturated rings. The predicted molar refractivity (Wildman–Crippen MR) is 86.5 cm³/mol. The second-order valence-corrected chi connectivity index (χ2v) is 6.98.